The fourth-order valence-electron chi connectivity index (χ4n) is 2.18. The number of halogens is 3. The third-order valence-corrected chi connectivity index (χ3v) is 3.40. The van der Waals surface area contributed by atoms with Crippen molar-refractivity contribution in [3.05, 3.63) is 29.8 Å². The lowest BCUT2D eigenvalue weighted by molar-refractivity contribution is -0.139. The average Bonchev–Trinajstić information content (AvgIpc) is 2.43. The van der Waals surface area contributed by atoms with Gasteiger partial charge in [-0.3, -0.25) is 4.79 Å². The minimum atomic E-state index is -0.994. The van der Waals surface area contributed by atoms with Crippen LogP contribution in [0.5, 0.6) is 5.75 Å². The van der Waals surface area contributed by atoms with E-state index in [2.05, 4.69) is 0 Å². The molecule has 0 saturated carbocycles. The molecule has 2 rings (SSSR count). The number of piperidine rings is 1. The standard InChI is InChI=1S/C14H18F2N2O2.ClH/c1-9(14(19)18-6-4-10(17)5-7-18)20-11-2-3-12(15)13(16)8-11;/h2-3,8-10H,4-7,17H2,1H3;1H. The summed E-state index contributed by atoms with van der Waals surface area (Å²) in [6.07, 6.45) is 0.793. The van der Waals surface area contributed by atoms with Gasteiger partial charge in [0.1, 0.15) is 5.75 Å². The van der Waals surface area contributed by atoms with Crippen molar-refractivity contribution in [1.82, 2.24) is 4.90 Å². The number of carbonyl (C=O) groups is 1. The molecule has 1 heterocycles. The highest BCUT2D eigenvalue weighted by Gasteiger charge is 2.25. The first-order valence-electron chi connectivity index (χ1n) is 6.63. The van der Waals surface area contributed by atoms with E-state index in [1.165, 1.54) is 6.07 Å². The second-order valence-corrected chi connectivity index (χ2v) is 5.00. The number of nitrogens with zero attached hydrogens (tertiary/aromatic N) is 1. The van der Waals surface area contributed by atoms with Gasteiger partial charge in [-0.2, -0.15) is 0 Å². The van der Waals surface area contributed by atoms with Crippen molar-refractivity contribution in [2.24, 2.45) is 5.73 Å². The van der Waals surface area contributed by atoms with Crippen LogP contribution in [0.3, 0.4) is 0 Å². The van der Waals surface area contributed by atoms with Gasteiger partial charge in [0, 0.05) is 25.2 Å². The van der Waals surface area contributed by atoms with Crippen LogP contribution in [-0.2, 0) is 4.79 Å². The normalized spacial score (nSPS) is 17.0. The largest absolute Gasteiger partial charge is 0.481 e. The highest BCUT2D eigenvalue weighted by molar-refractivity contribution is 5.85. The number of benzene rings is 1. The lowest BCUT2D eigenvalue weighted by Gasteiger charge is -2.32. The van der Waals surface area contributed by atoms with E-state index in [0.717, 1.165) is 25.0 Å². The van der Waals surface area contributed by atoms with Crippen LogP contribution in [0.4, 0.5) is 8.78 Å². The predicted molar refractivity (Wildman–Crippen MR) is 77.5 cm³/mol. The Labute approximate surface area is 128 Å². The average molecular weight is 321 g/mol. The molecule has 1 aliphatic heterocycles. The van der Waals surface area contributed by atoms with Gasteiger partial charge in [-0.1, -0.05) is 0 Å². The molecule has 4 nitrogen and oxygen atoms in total. The molecule has 21 heavy (non-hydrogen) atoms. The van der Waals surface area contributed by atoms with Crippen molar-refractivity contribution in [2.45, 2.75) is 31.9 Å². The first-order chi connectivity index (χ1) is 9.47. The molecule has 118 valence electrons. The number of amides is 1. The summed E-state index contributed by atoms with van der Waals surface area (Å²) in [6.45, 7) is 2.80. The Morgan fingerprint density at radius 1 is 1.33 bits per heavy atom. The monoisotopic (exact) mass is 320 g/mol. The molecule has 1 amide bonds. The molecular weight excluding hydrogens is 302 g/mol. The van der Waals surface area contributed by atoms with E-state index in [1.807, 2.05) is 0 Å². The molecule has 1 atom stereocenters. The van der Waals surface area contributed by atoms with Gasteiger partial charge in [0.25, 0.3) is 5.91 Å². The SMILES string of the molecule is CC(Oc1ccc(F)c(F)c1)C(=O)N1CCC(N)CC1.Cl. The lowest BCUT2D eigenvalue weighted by atomic mass is 10.1. The molecule has 2 N–H and O–H groups in total. The number of likely N-dealkylation sites (tertiary alicyclic amines) is 1. The molecule has 0 spiro atoms. The number of hydrogen-bond acceptors (Lipinski definition) is 3. The Kier molecular flexibility index (Phi) is 6.36. The van der Waals surface area contributed by atoms with Gasteiger partial charge < -0.3 is 15.4 Å². The zero-order chi connectivity index (χ0) is 14.7. The maximum atomic E-state index is 13.1. The number of hydrogen-bond donors (Lipinski definition) is 1. The summed E-state index contributed by atoms with van der Waals surface area (Å²) in [5, 5.41) is 0. The van der Waals surface area contributed by atoms with Crippen molar-refractivity contribution in [3.8, 4) is 5.75 Å². The zero-order valence-corrected chi connectivity index (χ0v) is 12.5. The summed E-state index contributed by atoms with van der Waals surface area (Å²) in [5.41, 5.74) is 5.78. The summed E-state index contributed by atoms with van der Waals surface area (Å²) in [7, 11) is 0. The maximum Gasteiger partial charge on any atom is 0.263 e. The number of ether oxygens (including phenoxy) is 1. The summed E-state index contributed by atoms with van der Waals surface area (Å²) in [6, 6.07) is 3.35. The Bertz CT molecular complexity index is 494. The zero-order valence-electron chi connectivity index (χ0n) is 11.7. The number of nitrogens with two attached hydrogens (primary N) is 1. The molecule has 0 bridgehead atoms. The van der Waals surface area contributed by atoms with Gasteiger partial charge in [0.15, 0.2) is 17.7 Å². The Balaban J connectivity index is 0.00000220. The lowest BCUT2D eigenvalue weighted by Crippen LogP contribution is -2.47. The van der Waals surface area contributed by atoms with Crippen LogP contribution in [-0.4, -0.2) is 36.0 Å². The molecule has 1 fully saturated rings. The van der Waals surface area contributed by atoms with Crippen LogP contribution in [0.15, 0.2) is 18.2 Å². The Morgan fingerprint density at radius 2 is 1.95 bits per heavy atom. The highest BCUT2D eigenvalue weighted by atomic mass is 35.5. The summed E-state index contributed by atoms with van der Waals surface area (Å²) >= 11 is 0. The van der Waals surface area contributed by atoms with Crippen molar-refractivity contribution in [1.29, 1.82) is 0 Å². The van der Waals surface area contributed by atoms with Crippen molar-refractivity contribution in [2.75, 3.05) is 13.1 Å². The fraction of sp³-hybridized carbons (Fsp3) is 0.500. The maximum absolute atomic E-state index is 13.1. The fourth-order valence-corrected chi connectivity index (χ4v) is 2.18. The van der Waals surface area contributed by atoms with Gasteiger partial charge in [-0.05, 0) is 31.9 Å². The quantitative estimate of drug-likeness (QED) is 0.928. The van der Waals surface area contributed by atoms with Crippen LogP contribution in [0.25, 0.3) is 0 Å². The van der Waals surface area contributed by atoms with Gasteiger partial charge in [0.05, 0.1) is 0 Å². The van der Waals surface area contributed by atoms with E-state index in [4.69, 9.17) is 10.5 Å². The van der Waals surface area contributed by atoms with E-state index in [0.29, 0.717) is 13.1 Å². The first kappa shape index (κ1) is 17.7. The van der Waals surface area contributed by atoms with E-state index in [1.54, 1.807) is 11.8 Å². The summed E-state index contributed by atoms with van der Waals surface area (Å²) in [4.78, 5) is 13.8. The minimum absolute atomic E-state index is 0. The molecule has 0 aliphatic carbocycles. The molecule has 1 aromatic rings. The molecule has 0 radical (unpaired) electrons. The predicted octanol–water partition coefficient (Wildman–Crippen LogP) is 2.10. The van der Waals surface area contributed by atoms with Gasteiger partial charge in [0.2, 0.25) is 0 Å². The molecule has 1 unspecified atom stereocenters. The van der Waals surface area contributed by atoms with Gasteiger partial charge in [-0.25, -0.2) is 8.78 Å². The Hall–Kier alpha value is -1.40. The van der Waals surface area contributed by atoms with Gasteiger partial charge in [-0.15, -0.1) is 12.4 Å². The highest BCUT2D eigenvalue weighted by Crippen LogP contribution is 2.18. The van der Waals surface area contributed by atoms with E-state index in [9.17, 15) is 13.6 Å². The topological polar surface area (TPSA) is 55.6 Å². The molecular formula is C14H19ClF2N2O2. The van der Waals surface area contributed by atoms with Gasteiger partial charge >= 0.3 is 0 Å². The van der Waals surface area contributed by atoms with Crippen LogP contribution in [0.2, 0.25) is 0 Å². The third kappa shape index (κ3) is 4.54. The third-order valence-electron chi connectivity index (χ3n) is 3.40. The van der Waals surface area contributed by atoms with E-state index in [-0.39, 0.29) is 30.1 Å². The summed E-state index contributed by atoms with van der Waals surface area (Å²) < 4.78 is 31.2. The van der Waals surface area contributed by atoms with Crippen LogP contribution >= 0.6 is 12.4 Å². The minimum Gasteiger partial charge on any atom is -0.481 e. The van der Waals surface area contributed by atoms with E-state index < -0.39 is 17.7 Å². The van der Waals surface area contributed by atoms with Crippen molar-refractivity contribution in [3.63, 3.8) is 0 Å². The smallest absolute Gasteiger partial charge is 0.263 e. The van der Waals surface area contributed by atoms with Crippen molar-refractivity contribution >= 4 is 18.3 Å². The second kappa shape index (κ2) is 7.56. The first-order valence-corrected chi connectivity index (χ1v) is 6.63. The van der Waals surface area contributed by atoms with Crippen LogP contribution in [0, 0.1) is 11.6 Å². The van der Waals surface area contributed by atoms with Crippen LogP contribution in [0.1, 0.15) is 19.8 Å². The second-order valence-electron chi connectivity index (χ2n) is 5.00. The summed E-state index contributed by atoms with van der Waals surface area (Å²) in [5.74, 6) is -1.97. The van der Waals surface area contributed by atoms with Crippen LogP contribution < -0.4 is 10.5 Å². The number of rotatable bonds is 3. The molecule has 1 saturated heterocycles. The Morgan fingerprint density at radius 3 is 2.52 bits per heavy atom. The molecule has 1 aromatic carbocycles. The molecule has 7 heteroatoms. The van der Waals surface area contributed by atoms with E-state index >= 15 is 0 Å². The molecule has 0 aromatic heterocycles. The molecule has 1 aliphatic rings. The van der Waals surface area contributed by atoms with Crippen molar-refractivity contribution < 1.29 is 18.3 Å². The number of carbonyl (C=O) groups excluding carboxylic acids is 1.